The first kappa shape index (κ1) is 25.3. The molecule has 0 radical (unpaired) electrons. The monoisotopic (exact) mass is 513 g/mol. The molecule has 1 atom stereocenters. The van der Waals surface area contributed by atoms with E-state index in [0.717, 1.165) is 29.5 Å². The fraction of sp³-hybridized carbons (Fsp3) is 0.192. The number of ether oxygens (including phenoxy) is 1. The highest BCUT2D eigenvalue weighted by Gasteiger charge is 2.39. The lowest BCUT2D eigenvalue weighted by atomic mass is 10.2. The zero-order valence-electron chi connectivity index (χ0n) is 19.2. The Morgan fingerprint density at radius 2 is 1.78 bits per heavy atom. The molecule has 1 saturated heterocycles. The number of amidine groups is 1. The number of carbonyl (C=O) groups is 2. The predicted octanol–water partition coefficient (Wildman–Crippen LogP) is 5.87. The molecule has 4 rings (SSSR count). The second kappa shape index (κ2) is 10.9. The minimum Gasteiger partial charge on any atom is -0.497 e. The van der Waals surface area contributed by atoms with Crippen molar-refractivity contribution in [2.75, 3.05) is 12.4 Å². The number of benzene rings is 3. The van der Waals surface area contributed by atoms with E-state index in [2.05, 4.69) is 10.3 Å². The summed E-state index contributed by atoms with van der Waals surface area (Å²) in [6.07, 6.45) is -4.55. The Morgan fingerprint density at radius 1 is 1.06 bits per heavy atom. The van der Waals surface area contributed by atoms with Crippen molar-refractivity contribution in [3.8, 4) is 5.75 Å². The molecule has 3 aromatic carbocycles. The fourth-order valence-electron chi connectivity index (χ4n) is 3.55. The van der Waals surface area contributed by atoms with Gasteiger partial charge < -0.3 is 10.1 Å². The molecule has 1 heterocycles. The van der Waals surface area contributed by atoms with Crippen molar-refractivity contribution in [1.29, 1.82) is 0 Å². The largest absolute Gasteiger partial charge is 0.497 e. The summed E-state index contributed by atoms with van der Waals surface area (Å²) in [5.74, 6) is -0.0704. The van der Waals surface area contributed by atoms with E-state index >= 15 is 0 Å². The number of hydrogen-bond donors (Lipinski definition) is 1. The van der Waals surface area contributed by atoms with Gasteiger partial charge >= 0.3 is 6.18 Å². The second-order valence-electron chi connectivity index (χ2n) is 7.94. The Kier molecular flexibility index (Phi) is 7.64. The number of amides is 2. The second-order valence-corrected chi connectivity index (χ2v) is 9.11. The summed E-state index contributed by atoms with van der Waals surface area (Å²) in [7, 11) is 1.52. The SMILES string of the molecule is COc1cccc(NC(=O)CC2SC(=Nc3ccc(C(F)(F)F)cc3)N(Cc3ccccc3)C2=O)c1. The van der Waals surface area contributed by atoms with E-state index < -0.39 is 17.0 Å². The third-order valence-corrected chi connectivity index (χ3v) is 6.52. The smallest absolute Gasteiger partial charge is 0.416 e. The van der Waals surface area contributed by atoms with Gasteiger partial charge in [-0.25, -0.2) is 4.99 Å². The molecular formula is C26H22F3N3O3S. The van der Waals surface area contributed by atoms with E-state index in [9.17, 15) is 22.8 Å². The number of rotatable bonds is 7. The average Bonchev–Trinajstić information content (AvgIpc) is 3.13. The van der Waals surface area contributed by atoms with E-state index in [-0.39, 0.29) is 30.5 Å². The molecule has 0 bridgehead atoms. The van der Waals surface area contributed by atoms with Crippen LogP contribution in [0.25, 0.3) is 0 Å². The van der Waals surface area contributed by atoms with E-state index in [4.69, 9.17) is 4.74 Å². The number of nitrogens with zero attached hydrogens (tertiary/aromatic N) is 2. The van der Waals surface area contributed by atoms with Crippen molar-refractivity contribution >= 4 is 40.1 Å². The van der Waals surface area contributed by atoms with Gasteiger partial charge in [-0.05, 0) is 42.0 Å². The molecule has 1 aliphatic heterocycles. The Morgan fingerprint density at radius 3 is 2.44 bits per heavy atom. The van der Waals surface area contributed by atoms with Gasteiger partial charge in [0.1, 0.15) is 11.0 Å². The third kappa shape index (κ3) is 6.25. The van der Waals surface area contributed by atoms with Crippen LogP contribution in [-0.2, 0) is 22.3 Å². The summed E-state index contributed by atoms with van der Waals surface area (Å²) in [5.41, 5.74) is 0.885. The maximum absolute atomic E-state index is 13.3. The first-order valence-electron chi connectivity index (χ1n) is 10.9. The summed E-state index contributed by atoms with van der Waals surface area (Å²) in [5, 5.41) is 2.36. The topological polar surface area (TPSA) is 71.0 Å². The van der Waals surface area contributed by atoms with Gasteiger partial charge in [-0.2, -0.15) is 13.2 Å². The maximum atomic E-state index is 13.3. The van der Waals surface area contributed by atoms with Crippen molar-refractivity contribution in [2.45, 2.75) is 24.4 Å². The minimum atomic E-state index is -4.45. The highest BCUT2D eigenvalue weighted by molar-refractivity contribution is 8.15. The summed E-state index contributed by atoms with van der Waals surface area (Å²) in [6, 6.07) is 20.5. The standard InChI is InChI=1S/C26H22F3N3O3S/c1-35-21-9-5-8-20(14-21)30-23(33)15-22-24(34)32(16-17-6-3-2-4-7-17)25(36-22)31-19-12-10-18(11-13-19)26(27,28)29/h2-14,22H,15-16H2,1H3,(H,30,33). The molecule has 1 aliphatic rings. The molecule has 36 heavy (non-hydrogen) atoms. The molecule has 2 amide bonds. The first-order valence-corrected chi connectivity index (χ1v) is 11.8. The normalized spacial score (nSPS) is 16.9. The van der Waals surface area contributed by atoms with Crippen molar-refractivity contribution < 1.29 is 27.5 Å². The third-order valence-electron chi connectivity index (χ3n) is 5.35. The number of anilines is 1. The molecule has 0 saturated carbocycles. The number of aliphatic imine (C=N–C) groups is 1. The highest BCUT2D eigenvalue weighted by atomic mass is 32.2. The van der Waals surface area contributed by atoms with Gasteiger partial charge in [0.2, 0.25) is 11.8 Å². The van der Waals surface area contributed by atoms with Crippen molar-refractivity contribution in [3.05, 3.63) is 90.0 Å². The van der Waals surface area contributed by atoms with Crippen LogP contribution in [0, 0.1) is 0 Å². The molecule has 1 N–H and O–H groups in total. The lowest BCUT2D eigenvalue weighted by molar-refractivity contribution is -0.137. The summed E-state index contributed by atoms with van der Waals surface area (Å²) >= 11 is 1.12. The average molecular weight is 514 g/mol. The van der Waals surface area contributed by atoms with E-state index in [1.807, 2.05) is 30.3 Å². The quantitative estimate of drug-likeness (QED) is 0.429. The highest BCUT2D eigenvalue weighted by Crippen LogP contribution is 2.34. The van der Waals surface area contributed by atoms with Crippen LogP contribution in [0.1, 0.15) is 17.5 Å². The summed E-state index contributed by atoms with van der Waals surface area (Å²) < 4.78 is 43.9. The first-order chi connectivity index (χ1) is 17.2. The lowest BCUT2D eigenvalue weighted by Crippen LogP contribution is -2.33. The van der Waals surface area contributed by atoms with Crippen molar-refractivity contribution in [2.24, 2.45) is 4.99 Å². The number of halogens is 3. The molecule has 0 aliphatic carbocycles. The number of hydrogen-bond acceptors (Lipinski definition) is 5. The van der Waals surface area contributed by atoms with Gasteiger partial charge in [0, 0.05) is 18.2 Å². The number of thioether (sulfide) groups is 1. The molecule has 1 fully saturated rings. The van der Waals surface area contributed by atoms with Crippen LogP contribution in [-0.4, -0.2) is 34.2 Å². The Bertz CT molecular complexity index is 1260. The Hall–Kier alpha value is -3.79. The van der Waals surface area contributed by atoms with Crippen LogP contribution in [0.2, 0.25) is 0 Å². The van der Waals surface area contributed by atoms with Gasteiger partial charge in [-0.1, -0.05) is 48.2 Å². The number of methoxy groups -OCH3 is 1. The van der Waals surface area contributed by atoms with Crippen molar-refractivity contribution in [1.82, 2.24) is 4.90 Å². The van der Waals surface area contributed by atoms with Crippen LogP contribution < -0.4 is 10.1 Å². The molecule has 0 aromatic heterocycles. The van der Waals surface area contributed by atoms with Gasteiger partial charge in [-0.3, -0.25) is 14.5 Å². The molecule has 6 nitrogen and oxygen atoms in total. The van der Waals surface area contributed by atoms with Crippen LogP contribution in [0.4, 0.5) is 24.5 Å². The van der Waals surface area contributed by atoms with Crippen LogP contribution in [0.5, 0.6) is 5.75 Å². The van der Waals surface area contributed by atoms with Crippen LogP contribution in [0.3, 0.4) is 0 Å². The summed E-state index contributed by atoms with van der Waals surface area (Å²) in [4.78, 5) is 31.9. The fourth-order valence-corrected chi connectivity index (χ4v) is 4.71. The summed E-state index contributed by atoms with van der Waals surface area (Å²) in [6.45, 7) is 0.222. The maximum Gasteiger partial charge on any atom is 0.416 e. The number of nitrogens with one attached hydrogen (secondary N) is 1. The molecule has 0 spiro atoms. The zero-order valence-corrected chi connectivity index (χ0v) is 20.0. The van der Waals surface area contributed by atoms with E-state index in [0.29, 0.717) is 16.6 Å². The van der Waals surface area contributed by atoms with Crippen LogP contribution >= 0.6 is 11.8 Å². The molecule has 1 unspecified atom stereocenters. The predicted molar refractivity (Wildman–Crippen MR) is 133 cm³/mol. The molecule has 3 aromatic rings. The lowest BCUT2D eigenvalue weighted by Gasteiger charge is -2.16. The van der Waals surface area contributed by atoms with Crippen molar-refractivity contribution in [3.63, 3.8) is 0 Å². The minimum absolute atomic E-state index is 0.0992. The number of alkyl halides is 3. The van der Waals surface area contributed by atoms with E-state index in [1.54, 1.807) is 24.3 Å². The van der Waals surface area contributed by atoms with E-state index in [1.165, 1.54) is 24.1 Å². The van der Waals surface area contributed by atoms with Gasteiger partial charge in [0.05, 0.1) is 24.9 Å². The molecule has 186 valence electrons. The Balaban J connectivity index is 1.54. The van der Waals surface area contributed by atoms with Crippen LogP contribution in [0.15, 0.2) is 83.9 Å². The molecular weight excluding hydrogens is 491 g/mol. The van der Waals surface area contributed by atoms with Gasteiger partial charge in [-0.15, -0.1) is 0 Å². The number of carbonyl (C=O) groups excluding carboxylic acids is 2. The Labute approximate surface area is 210 Å². The zero-order chi connectivity index (χ0) is 25.7. The van der Waals surface area contributed by atoms with Gasteiger partial charge in [0.15, 0.2) is 5.17 Å². The van der Waals surface area contributed by atoms with Gasteiger partial charge in [0.25, 0.3) is 0 Å². The molecule has 10 heteroatoms.